The fourth-order valence-corrected chi connectivity index (χ4v) is 1.82. The van der Waals surface area contributed by atoms with E-state index < -0.39 is 0 Å². The highest BCUT2D eigenvalue weighted by molar-refractivity contribution is 6.35. The molecule has 2 N–H and O–H groups in total. The summed E-state index contributed by atoms with van der Waals surface area (Å²) in [6.07, 6.45) is 0. The van der Waals surface area contributed by atoms with Crippen LogP contribution in [0.5, 0.6) is 0 Å². The van der Waals surface area contributed by atoms with Crippen LogP contribution in [-0.2, 0) is 0 Å². The highest BCUT2D eigenvalue weighted by atomic mass is 35.5. The standard InChI is InChI=1S/C10H13Cl2NO/c1-7(13-4-5-14)9-3-2-8(11)6-10(9)12/h2-3,6-7,13-14H,4-5H2,1H3. The van der Waals surface area contributed by atoms with Gasteiger partial charge in [0.25, 0.3) is 0 Å². The third-order valence-corrected chi connectivity index (χ3v) is 2.55. The lowest BCUT2D eigenvalue weighted by Crippen LogP contribution is -2.22. The fraction of sp³-hybridized carbons (Fsp3) is 0.400. The molecule has 1 atom stereocenters. The van der Waals surface area contributed by atoms with E-state index in [-0.39, 0.29) is 12.6 Å². The Morgan fingerprint density at radius 2 is 2.14 bits per heavy atom. The van der Waals surface area contributed by atoms with E-state index in [0.29, 0.717) is 16.6 Å². The zero-order valence-corrected chi connectivity index (χ0v) is 9.44. The molecule has 0 saturated heterocycles. The molecule has 0 fully saturated rings. The number of aliphatic hydroxyl groups excluding tert-OH is 1. The lowest BCUT2D eigenvalue weighted by Gasteiger charge is -2.14. The van der Waals surface area contributed by atoms with Gasteiger partial charge in [-0.15, -0.1) is 0 Å². The molecule has 1 aromatic carbocycles. The van der Waals surface area contributed by atoms with Crippen LogP contribution < -0.4 is 5.32 Å². The van der Waals surface area contributed by atoms with Crippen molar-refractivity contribution in [2.45, 2.75) is 13.0 Å². The van der Waals surface area contributed by atoms with Crippen LogP contribution in [0.15, 0.2) is 18.2 Å². The summed E-state index contributed by atoms with van der Waals surface area (Å²) >= 11 is 11.8. The number of halogens is 2. The van der Waals surface area contributed by atoms with Crippen molar-refractivity contribution < 1.29 is 5.11 Å². The van der Waals surface area contributed by atoms with Crippen LogP contribution in [0.3, 0.4) is 0 Å². The van der Waals surface area contributed by atoms with Gasteiger partial charge < -0.3 is 10.4 Å². The summed E-state index contributed by atoms with van der Waals surface area (Å²) in [5.41, 5.74) is 0.990. The zero-order valence-electron chi connectivity index (χ0n) is 7.93. The minimum absolute atomic E-state index is 0.118. The topological polar surface area (TPSA) is 32.3 Å². The van der Waals surface area contributed by atoms with Gasteiger partial charge >= 0.3 is 0 Å². The number of nitrogens with one attached hydrogen (secondary N) is 1. The van der Waals surface area contributed by atoms with Crippen molar-refractivity contribution in [2.75, 3.05) is 13.2 Å². The van der Waals surface area contributed by atoms with Crippen LogP contribution in [0, 0.1) is 0 Å². The minimum atomic E-state index is 0.118. The van der Waals surface area contributed by atoms with Crippen molar-refractivity contribution in [2.24, 2.45) is 0 Å². The van der Waals surface area contributed by atoms with Crippen molar-refractivity contribution in [3.05, 3.63) is 33.8 Å². The molecule has 2 nitrogen and oxygen atoms in total. The maximum atomic E-state index is 8.66. The van der Waals surface area contributed by atoms with Crippen molar-refractivity contribution in [1.29, 1.82) is 0 Å². The molecule has 0 saturated carbocycles. The summed E-state index contributed by atoms with van der Waals surface area (Å²) in [6.45, 7) is 2.67. The summed E-state index contributed by atoms with van der Waals surface area (Å²) < 4.78 is 0. The smallest absolute Gasteiger partial charge is 0.0556 e. The largest absolute Gasteiger partial charge is 0.395 e. The average molecular weight is 234 g/mol. The normalized spacial score (nSPS) is 12.9. The van der Waals surface area contributed by atoms with E-state index >= 15 is 0 Å². The summed E-state index contributed by atoms with van der Waals surface area (Å²) in [5.74, 6) is 0. The van der Waals surface area contributed by atoms with E-state index in [1.54, 1.807) is 12.1 Å². The molecule has 78 valence electrons. The second-order valence-corrected chi connectivity index (χ2v) is 3.91. The first kappa shape index (κ1) is 11.8. The number of benzene rings is 1. The van der Waals surface area contributed by atoms with Crippen molar-refractivity contribution in [3.63, 3.8) is 0 Å². The van der Waals surface area contributed by atoms with Gasteiger partial charge in [0.1, 0.15) is 0 Å². The van der Waals surface area contributed by atoms with Crippen LogP contribution in [-0.4, -0.2) is 18.3 Å². The number of hydrogen-bond acceptors (Lipinski definition) is 2. The van der Waals surface area contributed by atoms with Gasteiger partial charge in [-0.05, 0) is 24.6 Å². The Morgan fingerprint density at radius 3 is 2.71 bits per heavy atom. The van der Waals surface area contributed by atoms with Crippen LogP contribution in [0.2, 0.25) is 10.0 Å². The Labute approximate surface area is 93.8 Å². The molecule has 4 heteroatoms. The molecular weight excluding hydrogens is 221 g/mol. The van der Waals surface area contributed by atoms with E-state index in [4.69, 9.17) is 28.3 Å². The van der Waals surface area contributed by atoms with E-state index in [2.05, 4.69) is 5.32 Å². The summed E-state index contributed by atoms with van der Waals surface area (Å²) in [5, 5.41) is 13.1. The lowest BCUT2D eigenvalue weighted by molar-refractivity contribution is 0.286. The molecular formula is C10H13Cl2NO. The first-order chi connectivity index (χ1) is 6.65. The Balaban J connectivity index is 2.74. The first-order valence-corrected chi connectivity index (χ1v) is 5.20. The van der Waals surface area contributed by atoms with E-state index in [1.165, 1.54) is 0 Å². The van der Waals surface area contributed by atoms with Crippen LogP contribution >= 0.6 is 23.2 Å². The van der Waals surface area contributed by atoms with Crippen molar-refractivity contribution in [1.82, 2.24) is 5.32 Å². The summed E-state index contributed by atoms with van der Waals surface area (Å²) in [6, 6.07) is 5.53. The predicted molar refractivity (Wildman–Crippen MR) is 60.0 cm³/mol. The molecule has 0 spiro atoms. The lowest BCUT2D eigenvalue weighted by atomic mass is 10.1. The van der Waals surface area contributed by atoms with E-state index in [9.17, 15) is 0 Å². The second-order valence-electron chi connectivity index (χ2n) is 3.07. The molecule has 0 aliphatic rings. The Hall–Kier alpha value is -0.280. The van der Waals surface area contributed by atoms with Crippen LogP contribution in [0.1, 0.15) is 18.5 Å². The molecule has 1 aromatic rings. The summed E-state index contributed by atoms with van der Waals surface area (Å²) in [7, 11) is 0. The second kappa shape index (κ2) is 5.56. The number of aliphatic hydroxyl groups is 1. The van der Waals surface area contributed by atoms with Gasteiger partial charge in [-0.1, -0.05) is 29.3 Å². The van der Waals surface area contributed by atoms with E-state index in [1.807, 2.05) is 13.0 Å². The summed E-state index contributed by atoms with van der Waals surface area (Å²) in [4.78, 5) is 0. The van der Waals surface area contributed by atoms with Crippen molar-refractivity contribution in [3.8, 4) is 0 Å². The third-order valence-electron chi connectivity index (χ3n) is 1.99. The Morgan fingerprint density at radius 1 is 1.43 bits per heavy atom. The van der Waals surface area contributed by atoms with Gasteiger partial charge in [0, 0.05) is 22.6 Å². The van der Waals surface area contributed by atoms with Gasteiger partial charge in [0.05, 0.1) is 6.61 Å². The van der Waals surface area contributed by atoms with Crippen molar-refractivity contribution >= 4 is 23.2 Å². The number of rotatable bonds is 4. The van der Waals surface area contributed by atoms with Gasteiger partial charge in [-0.2, -0.15) is 0 Å². The highest BCUT2D eigenvalue weighted by Crippen LogP contribution is 2.25. The molecule has 0 aromatic heterocycles. The van der Waals surface area contributed by atoms with E-state index in [0.717, 1.165) is 5.56 Å². The minimum Gasteiger partial charge on any atom is -0.395 e. The first-order valence-electron chi connectivity index (χ1n) is 4.44. The SMILES string of the molecule is CC(NCCO)c1ccc(Cl)cc1Cl. The molecule has 0 radical (unpaired) electrons. The quantitative estimate of drug-likeness (QED) is 0.839. The molecule has 14 heavy (non-hydrogen) atoms. The van der Waals surface area contributed by atoms with Gasteiger partial charge in [0.15, 0.2) is 0 Å². The zero-order chi connectivity index (χ0) is 10.6. The maximum absolute atomic E-state index is 8.66. The molecule has 0 bridgehead atoms. The van der Waals surface area contributed by atoms with Gasteiger partial charge in [-0.3, -0.25) is 0 Å². The molecule has 0 aliphatic heterocycles. The molecule has 1 rings (SSSR count). The predicted octanol–water partition coefficient (Wildman–Crippen LogP) is 2.64. The third kappa shape index (κ3) is 3.14. The molecule has 0 heterocycles. The number of hydrogen-bond donors (Lipinski definition) is 2. The fourth-order valence-electron chi connectivity index (χ4n) is 1.24. The molecule has 1 unspecified atom stereocenters. The monoisotopic (exact) mass is 233 g/mol. The highest BCUT2D eigenvalue weighted by Gasteiger charge is 2.08. The van der Waals surface area contributed by atoms with Gasteiger partial charge in [-0.25, -0.2) is 0 Å². The Kier molecular flexibility index (Phi) is 4.69. The molecule has 0 amide bonds. The van der Waals surface area contributed by atoms with Crippen LogP contribution in [0.4, 0.5) is 0 Å². The molecule has 0 aliphatic carbocycles. The maximum Gasteiger partial charge on any atom is 0.0556 e. The van der Waals surface area contributed by atoms with Gasteiger partial charge in [0.2, 0.25) is 0 Å². The average Bonchev–Trinajstić information content (AvgIpc) is 2.14. The van der Waals surface area contributed by atoms with Crippen LogP contribution in [0.25, 0.3) is 0 Å². The Bertz CT molecular complexity index is 304.